The summed E-state index contributed by atoms with van der Waals surface area (Å²) in [5.74, 6) is 2.41. The van der Waals surface area contributed by atoms with E-state index in [1.807, 2.05) is 0 Å². The molecule has 32 heavy (non-hydrogen) atoms. The highest BCUT2D eigenvalue weighted by Gasteiger charge is 2.23. The summed E-state index contributed by atoms with van der Waals surface area (Å²) in [5.41, 5.74) is 5.86. The summed E-state index contributed by atoms with van der Waals surface area (Å²) >= 11 is 0. The first kappa shape index (κ1) is 19.4. The molecule has 0 aliphatic carbocycles. The molecule has 6 aromatic rings. The topological polar surface area (TPSA) is 17.3 Å². The molecule has 0 bridgehead atoms. The minimum Gasteiger partial charge on any atom is -0.291 e. The van der Waals surface area contributed by atoms with Crippen molar-refractivity contribution in [3.8, 4) is 0 Å². The van der Waals surface area contributed by atoms with Gasteiger partial charge in [0.1, 0.15) is 5.65 Å². The van der Waals surface area contributed by atoms with E-state index in [-0.39, 0.29) is 0 Å². The second-order valence-corrected chi connectivity index (χ2v) is 20.2. The van der Waals surface area contributed by atoms with Crippen LogP contribution in [0.4, 0.5) is 0 Å². The van der Waals surface area contributed by atoms with Gasteiger partial charge in [-0.15, -0.1) is 17.9 Å². The molecule has 4 unspecified atom stereocenters. The van der Waals surface area contributed by atoms with Crippen LogP contribution in [0.5, 0.6) is 0 Å². The summed E-state index contributed by atoms with van der Waals surface area (Å²) in [6.07, 6.45) is 3.16. The number of hydrogen-bond donors (Lipinski definition) is 0. The lowest BCUT2D eigenvalue weighted by molar-refractivity contribution is 1.31. The lowest BCUT2D eigenvalue weighted by atomic mass is 9.98. The number of nitrogens with zero attached hydrogens (tertiary/aromatic N) is 2. The number of hydrogen-bond acceptors (Lipinski definition) is 1. The molecule has 4 atom stereocenters. The molecule has 0 fully saturated rings. The van der Waals surface area contributed by atoms with Crippen LogP contribution in [-0.4, -0.2) is 15.2 Å². The number of fused-ring (bicyclic) bond motifs is 12. The first-order valence-corrected chi connectivity index (χ1v) is 17.7. The second kappa shape index (κ2) is 6.97. The summed E-state index contributed by atoms with van der Waals surface area (Å²) in [6, 6.07) is 26.4. The van der Waals surface area contributed by atoms with E-state index in [2.05, 4.69) is 113 Å². The average molecular weight is 484 g/mol. The zero-order chi connectivity index (χ0) is 21.4. The van der Waals surface area contributed by atoms with E-state index in [0.717, 1.165) is 19.1 Å². The van der Waals surface area contributed by atoms with E-state index in [9.17, 15) is 0 Å². The maximum absolute atomic E-state index is 5.18. The van der Waals surface area contributed by atoms with Crippen LogP contribution in [-0.2, 0) is 0 Å². The van der Waals surface area contributed by atoms with E-state index in [1.165, 1.54) is 48.8 Å². The van der Waals surface area contributed by atoms with Gasteiger partial charge in [-0.25, -0.2) is 4.98 Å². The molecule has 4 aromatic carbocycles. The van der Waals surface area contributed by atoms with E-state index in [0.29, 0.717) is 0 Å². The van der Waals surface area contributed by atoms with Crippen molar-refractivity contribution in [3.05, 3.63) is 84.4 Å². The third-order valence-electron chi connectivity index (χ3n) is 6.62. The van der Waals surface area contributed by atoms with Gasteiger partial charge in [0.2, 0.25) is 0 Å². The van der Waals surface area contributed by atoms with Crippen molar-refractivity contribution in [2.75, 3.05) is 0 Å². The standard InChI is InChI=1S/C26H20N2P4/c29-31-32(30)15-5-8-20-23(32)14-13-19-18-12-11-16-6-1-2-7-17(16)24(18)26-27-21-9-3-4-10-22(21)28(26)25(19)20/h1-15,31H,29-30H2. The normalized spacial score (nSPS) is 18.4. The Morgan fingerprint density at radius 3 is 2.56 bits per heavy atom. The third-order valence-corrected chi connectivity index (χ3v) is 20.5. The van der Waals surface area contributed by atoms with Gasteiger partial charge < -0.3 is 0 Å². The second-order valence-electron chi connectivity index (χ2n) is 8.28. The summed E-state index contributed by atoms with van der Waals surface area (Å²) in [7, 11) is 6.98. The maximum Gasteiger partial charge on any atom is 0.147 e. The lowest BCUT2D eigenvalue weighted by Gasteiger charge is -2.26. The molecular weight excluding hydrogens is 464 g/mol. The van der Waals surface area contributed by atoms with E-state index >= 15 is 0 Å². The molecule has 2 nitrogen and oxygen atoms in total. The predicted molar refractivity (Wildman–Crippen MR) is 155 cm³/mol. The molecule has 0 amide bonds. The molecule has 3 heterocycles. The van der Waals surface area contributed by atoms with Crippen molar-refractivity contribution >= 4 is 98.4 Å². The molecule has 0 N–H and O–H groups in total. The number of para-hydroxylation sites is 2. The van der Waals surface area contributed by atoms with E-state index < -0.39 is 6.26 Å². The first-order valence-electron chi connectivity index (χ1n) is 10.6. The van der Waals surface area contributed by atoms with Gasteiger partial charge in [-0.3, -0.25) is 4.40 Å². The highest BCUT2D eigenvalue weighted by molar-refractivity contribution is 8.69. The summed E-state index contributed by atoms with van der Waals surface area (Å²) < 4.78 is 2.41. The lowest BCUT2D eigenvalue weighted by Crippen LogP contribution is -2.10. The maximum atomic E-state index is 5.18. The number of aromatic nitrogens is 2. The minimum absolute atomic E-state index is 0.791. The number of imidazole rings is 1. The smallest absolute Gasteiger partial charge is 0.147 e. The van der Waals surface area contributed by atoms with Crippen LogP contribution >= 0.6 is 32.1 Å². The molecule has 1 aliphatic rings. The third kappa shape index (κ3) is 2.51. The van der Waals surface area contributed by atoms with Crippen molar-refractivity contribution in [2.24, 2.45) is 0 Å². The van der Waals surface area contributed by atoms with Gasteiger partial charge >= 0.3 is 0 Å². The van der Waals surface area contributed by atoms with Crippen molar-refractivity contribution in [2.45, 2.75) is 0 Å². The fraction of sp³-hybridized carbons (Fsp3) is 0. The SMILES string of the molecule is PPP1(P)=CC=Cc2c1ccc1c3ccc4ccccc4c3c3nc4ccccc4n3c21. The molecule has 0 saturated heterocycles. The average Bonchev–Trinajstić information content (AvgIpc) is 3.23. The molecule has 7 rings (SSSR count). The van der Waals surface area contributed by atoms with Crippen LogP contribution in [0, 0.1) is 0 Å². The van der Waals surface area contributed by atoms with Gasteiger partial charge in [0.15, 0.2) is 0 Å². The fourth-order valence-electron chi connectivity index (χ4n) is 5.17. The van der Waals surface area contributed by atoms with Gasteiger partial charge in [-0.2, -0.15) is 0 Å². The fourth-order valence-corrected chi connectivity index (χ4v) is 11.3. The van der Waals surface area contributed by atoms with Crippen LogP contribution in [0.15, 0.2) is 78.9 Å². The summed E-state index contributed by atoms with van der Waals surface area (Å²) in [4.78, 5) is 5.18. The van der Waals surface area contributed by atoms with E-state index in [4.69, 9.17) is 4.98 Å². The van der Waals surface area contributed by atoms with Crippen molar-refractivity contribution < 1.29 is 0 Å². The molecule has 2 aromatic heterocycles. The van der Waals surface area contributed by atoms with E-state index in [1.54, 1.807) is 0 Å². The molecule has 1 aliphatic heterocycles. The zero-order valence-corrected chi connectivity index (χ0v) is 21.4. The molecule has 0 saturated carbocycles. The Morgan fingerprint density at radius 1 is 0.844 bits per heavy atom. The number of pyridine rings is 1. The Labute approximate surface area is 191 Å². The number of rotatable bonds is 1. The molecule has 154 valence electrons. The number of allylic oxidation sites excluding steroid dienone is 1. The zero-order valence-electron chi connectivity index (χ0n) is 17.2. The molecule has 6 heteroatoms. The monoisotopic (exact) mass is 484 g/mol. The van der Waals surface area contributed by atoms with Gasteiger partial charge in [-0.1, -0.05) is 86.6 Å². The van der Waals surface area contributed by atoms with Gasteiger partial charge in [0.25, 0.3) is 0 Å². The Kier molecular flexibility index (Phi) is 4.23. The predicted octanol–water partition coefficient (Wildman–Crippen LogP) is 7.59. The van der Waals surface area contributed by atoms with Crippen molar-refractivity contribution in [3.63, 3.8) is 0 Å². The first-order chi connectivity index (χ1) is 15.7. The van der Waals surface area contributed by atoms with Crippen LogP contribution in [0.3, 0.4) is 0 Å². The highest BCUT2D eigenvalue weighted by Crippen LogP contribution is 2.74. The Balaban J connectivity index is 1.85. The summed E-state index contributed by atoms with van der Waals surface area (Å²) in [5, 5.41) is 7.76. The molecule has 0 spiro atoms. The largest absolute Gasteiger partial charge is 0.291 e. The summed E-state index contributed by atoms with van der Waals surface area (Å²) in [6.45, 7) is 0. The van der Waals surface area contributed by atoms with Gasteiger partial charge in [-0.05, 0) is 39.9 Å². The van der Waals surface area contributed by atoms with Crippen LogP contribution in [0.1, 0.15) is 5.56 Å². The quantitative estimate of drug-likeness (QED) is 0.174. The Bertz CT molecular complexity index is 1850. The minimum atomic E-state index is -1.40. The molecular formula is C26H20N2P4. The van der Waals surface area contributed by atoms with Gasteiger partial charge in [0, 0.05) is 16.3 Å². The Hall–Kier alpha value is -2.06. The van der Waals surface area contributed by atoms with Crippen molar-refractivity contribution in [1.29, 1.82) is 0 Å². The van der Waals surface area contributed by atoms with Crippen LogP contribution in [0.2, 0.25) is 0 Å². The molecule has 0 radical (unpaired) electrons. The Morgan fingerprint density at radius 2 is 1.66 bits per heavy atom. The number of benzene rings is 4. The van der Waals surface area contributed by atoms with Crippen molar-refractivity contribution in [1.82, 2.24) is 9.38 Å². The van der Waals surface area contributed by atoms with Crippen LogP contribution in [0.25, 0.3) is 55.2 Å². The van der Waals surface area contributed by atoms with Crippen LogP contribution < -0.4 is 5.30 Å². The van der Waals surface area contributed by atoms with Gasteiger partial charge in [0.05, 0.1) is 16.6 Å². The highest BCUT2D eigenvalue weighted by atomic mass is 32.6.